The Hall–Kier alpha value is -0.510. The minimum Gasteiger partial charge on any atom is -0.312 e. The number of thioether (sulfide) groups is 1. The zero-order chi connectivity index (χ0) is 13.0. The Morgan fingerprint density at radius 3 is 2.50 bits per heavy atom. The van der Waals surface area contributed by atoms with E-state index in [4.69, 9.17) is 0 Å². The lowest BCUT2D eigenvalue weighted by Crippen LogP contribution is -2.36. The first-order valence-electron chi connectivity index (χ1n) is 6.88. The summed E-state index contributed by atoms with van der Waals surface area (Å²) in [5.41, 5.74) is 1.39. The molecule has 100 valence electrons. The lowest BCUT2D eigenvalue weighted by atomic mass is 9.98. The fourth-order valence-corrected chi connectivity index (χ4v) is 3.46. The van der Waals surface area contributed by atoms with Gasteiger partial charge in [-0.15, -0.1) is 11.8 Å². The van der Waals surface area contributed by atoms with Gasteiger partial charge in [-0.2, -0.15) is 0 Å². The maximum atomic E-state index is 3.59. The first-order chi connectivity index (χ1) is 8.70. The van der Waals surface area contributed by atoms with Crippen LogP contribution in [0.4, 0.5) is 0 Å². The molecular formula is C15H24N2S. The Morgan fingerprint density at radius 1 is 1.28 bits per heavy atom. The smallest absolute Gasteiger partial charge is 0.0473 e. The standard InChI is InChI=1S/C15H24N2S/c1-11(2)18-13-8-6-12(7-9-13)15(16-3)14-5-4-10-17-14/h6-9,11,14-17H,4-5,10H2,1-3H3. The molecule has 1 aliphatic heterocycles. The quantitative estimate of drug-likeness (QED) is 0.799. The van der Waals surface area contributed by atoms with E-state index >= 15 is 0 Å². The summed E-state index contributed by atoms with van der Waals surface area (Å²) in [6.07, 6.45) is 2.57. The van der Waals surface area contributed by atoms with E-state index in [1.807, 2.05) is 11.8 Å². The van der Waals surface area contributed by atoms with Crippen LogP contribution in [-0.2, 0) is 0 Å². The molecule has 1 heterocycles. The van der Waals surface area contributed by atoms with Gasteiger partial charge >= 0.3 is 0 Å². The molecule has 0 saturated carbocycles. The first kappa shape index (κ1) is 13.9. The van der Waals surface area contributed by atoms with Crippen molar-refractivity contribution in [2.75, 3.05) is 13.6 Å². The van der Waals surface area contributed by atoms with Crippen molar-refractivity contribution in [2.24, 2.45) is 0 Å². The van der Waals surface area contributed by atoms with Crippen molar-refractivity contribution in [2.45, 2.75) is 48.9 Å². The van der Waals surface area contributed by atoms with E-state index in [1.165, 1.54) is 23.3 Å². The zero-order valence-corrected chi connectivity index (χ0v) is 12.4. The molecule has 2 nitrogen and oxygen atoms in total. The molecule has 18 heavy (non-hydrogen) atoms. The van der Waals surface area contributed by atoms with Gasteiger partial charge in [-0.05, 0) is 44.1 Å². The fourth-order valence-electron chi connectivity index (χ4n) is 2.62. The molecule has 1 saturated heterocycles. The van der Waals surface area contributed by atoms with Crippen LogP contribution in [0.25, 0.3) is 0 Å². The third-order valence-electron chi connectivity index (χ3n) is 3.42. The number of likely N-dealkylation sites (N-methyl/N-ethyl adjacent to an activating group) is 1. The van der Waals surface area contributed by atoms with Crippen molar-refractivity contribution in [3.05, 3.63) is 29.8 Å². The molecule has 2 N–H and O–H groups in total. The van der Waals surface area contributed by atoms with E-state index in [0.29, 0.717) is 17.3 Å². The lowest BCUT2D eigenvalue weighted by molar-refractivity contribution is 0.440. The van der Waals surface area contributed by atoms with Crippen LogP contribution in [0.1, 0.15) is 38.3 Å². The Bertz CT molecular complexity index is 355. The Labute approximate surface area is 115 Å². The Balaban J connectivity index is 2.06. The second kappa shape index (κ2) is 6.60. The monoisotopic (exact) mass is 264 g/mol. The van der Waals surface area contributed by atoms with Crippen LogP contribution >= 0.6 is 11.8 Å². The zero-order valence-electron chi connectivity index (χ0n) is 11.6. The molecule has 0 aliphatic carbocycles. The van der Waals surface area contributed by atoms with Crippen LogP contribution in [0.2, 0.25) is 0 Å². The molecule has 0 spiro atoms. The summed E-state index contributed by atoms with van der Waals surface area (Å²) >= 11 is 1.92. The number of rotatable bonds is 5. The maximum absolute atomic E-state index is 3.59. The van der Waals surface area contributed by atoms with Crippen molar-refractivity contribution in [1.82, 2.24) is 10.6 Å². The number of benzene rings is 1. The Kier molecular flexibility index (Phi) is 5.10. The van der Waals surface area contributed by atoms with Gasteiger partial charge in [-0.1, -0.05) is 26.0 Å². The second-order valence-electron chi connectivity index (χ2n) is 5.20. The van der Waals surface area contributed by atoms with Gasteiger partial charge in [0.05, 0.1) is 0 Å². The topological polar surface area (TPSA) is 24.1 Å². The van der Waals surface area contributed by atoms with Crippen molar-refractivity contribution in [1.29, 1.82) is 0 Å². The Morgan fingerprint density at radius 2 is 2.00 bits per heavy atom. The minimum absolute atomic E-state index is 0.436. The maximum Gasteiger partial charge on any atom is 0.0473 e. The normalized spacial score (nSPS) is 21.4. The molecule has 1 aromatic rings. The van der Waals surface area contributed by atoms with Crippen LogP contribution in [0.5, 0.6) is 0 Å². The summed E-state index contributed by atoms with van der Waals surface area (Å²) in [7, 11) is 2.06. The summed E-state index contributed by atoms with van der Waals surface area (Å²) in [6, 6.07) is 10.1. The average molecular weight is 264 g/mol. The van der Waals surface area contributed by atoms with E-state index in [-0.39, 0.29) is 0 Å². The third kappa shape index (κ3) is 3.50. The van der Waals surface area contributed by atoms with Gasteiger partial charge in [-0.25, -0.2) is 0 Å². The van der Waals surface area contributed by atoms with E-state index in [0.717, 1.165) is 6.54 Å². The van der Waals surface area contributed by atoms with Crippen LogP contribution in [0.15, 0.2) is 29.2 Å². The van der Waals surface area contributed by atoms with Crippen molar-refractivity contribution >= 4 is 11.8 Å². The molecule has 3 heteroatoms. The predicted molar refractivity (Wildman–Crippen MR) is 80.3 cm³/mol. The summed E-state index contributed by atoms with van der Waals surface area (Å²) in [6.45, 7) is 5.62. The molecule has 1 aromatic carbocycles. The van der Waals surface area contributed by atoms with Crippen molar-refractivity contribution in [3.63, 3.8) is 0 Å². The van der Waals surface area contributed by atoms with Gasteiger partial charge in [0.2, 0.25) is 0 Å². The second-order valence-corrected chi connectivity index (χ2v) is 6.85. The van der Waals surface area contributed by atoms with E-state index in [2.05, 4.69) is 55.8 Å². The molecule has 0 amide bonds. The highest BCUT2D eigenvalue weighted by Gasteiger charge is 2.24. The van der Waals surface area contributed by atoms with Gasteiger partial charge in [0, 0.05) is 22.2 Å². The van der Waals surface area contributed by atoms with Gasteiger partial charge in [0.1, 0.15) is 0 Å². The minimum atomic E-state index is 0.436. The van der Waals surface area contributed by atoms with Gasteiger partial charge in [-0.3, -0.25) is 0 Å². The fraction of sp³-hybridized carbons (Fsp3) is 0.600. The van der Waals surface area contributed by atoms with Crippen molar-refractivity contribution < 1.29 is 0 Å². The predicted octanol–water partition coefficient (Wildman–Crippen LogP) is 3.20. The van der Waals surface area contributed by atoms with Crippen LogP contribution in [-0.4, -0.2) is 24.9 Å². The number of nitrogens with one attached hydrogen (secondary N) is 2. The summed E-state index contributed by atoms with van der Waals surface area (Å²) in [5.74, 6) is 0. The molecule has 2 unspecified atom stereocenters. The van der Waals surface area contributed by atoms with Crippen LogP contribution in [0, 0.1) is 0 Å². The summed E-state index contributed by atoms with van der Waals surface area (Å²) in [5, 5.41) is 7.68. The first-order valence-corrected chi connectivity index (χ1v) is 7.76. The van der Waals surface area contributed by atoms with Crippen LogP contribution in [0.3, 0.4) is 0 Å². The van der Waals surface area contributed by atoms with Gasteiger partial charge in [0.25, 0.3) is 0 Å². The van der Waals surface area contributed by atoms with Gasteiger partial charge in [0.15, 0.2) is 0 Å². The largest absolute Gasteiger partial charge is 0.312 e. The van der Waals surface area contributed by atoms with E-state index in [9.17, 15) is 0 Å². The third-order valence-corrected chi connectivity index (χ3v) is 4.44. The highest BCUT2D eigenvalue weighted by Crippen LogP contribution is 2.27. The van der Waals surface area contributed by atoms with Crippen LogP contribution < -0.4 is 10.6 Å². The summed E-state index contributed by atoms with van der Waals surface area (Å²) < 4.78 is 0. The summed E-state index contributed by atoms with van der Waals surface area (Å²) in [4.78, 5) is 1.36. The molecule has 0 bridgehead atoms. The average Bonchev–Trinajstić information content (AvgIpc) is 2.85. The van der Waals surface area contributed by atoms with E-state index in [1.54, 1.807) is 0 Å². The number of hydrogen-bond acceptors (Lipinski definition) is 3. The SMILES string of the molecule is CNC(c1ccc(SC(C)C)cc1)C1CCCN1. The van der Waals surface area contributed by atoms with E-state index < -0.39 is 0 Å². The number of hydrogen-bond donors (Lipinski definition) is 2. The van der Waals surface area contributed by atoms with Crippen molar-refractivity contribution in [3.8, 4) is 0 Å². The molecule has 0 radical (unpaired) electrons. The molecular weight excluding hydrogens is 240 g/mol. The molecule has 1 fully saturated rings. The molecule has 0 aromatic heterocycles. The molecule has 1 aliphatic rings. The molecule has 2 rings (SSSR count). The molecule has 2 atom stereocenters. The lowest BCUT2D eigenvalue weighted by Gasteiger charge is -2.24. The highest BCUT2D eigenvalue weighted by molar-refractivity contribution is 7.99. The van der Waals surface area contributed by atoms with Gasteiger partial charge < -0.3 is 10.6 Å². The highest BCUT2D eigenvalue weighted by atomic mass is 32.2.